The lowest BCUT2D eigenvalue weighted by atomic mass is 10.00. The Morgan fingerprint density at radius 2 is 1.87 bits per heavy atom. The van der Waals surface area contributed by atoms with Gasteiger partial charge in [-0.25, -0.2) is 4.98 Å². The second-order valence-electron chi connectivity index (χ2n) is 6.45. The summed E-state index contributed by atoms with van der Waals surface area (Å²) >= 11 is 3.50. The molecule has 0 atom stereocenters. The van der Waals surface area contributed by atoms with E-state index in [1.807, 2.05) is 19.1 Å². The number of nitrogens with zero attached hydrogens (tertiary/aromatic N) is 3. The topological polar surface area (TPSA) is 41.1 Å². The van der Waals surface area contributed by atoms with Crippen LogP contribution in [0.5, 0.6) is 0 Å². The van der Waals surface area contributed by atoms with Crippen molar-refractivity contribution in [1.82, 2.24) is 9.97 Å². The van der Waals surface area contributed by atoms with Gasteiger partial charge in [0.05, 0.1) is 0 Å². The highest BCUT2D eigenvalue weighted by Gasteiger charge is 2.18. The maximum atomic E-state index is 4.73. The van der Waals surface area contributed by atoms with E-state index in [0.717, 1.165) is 46.6 Å². The Hall–Kier alpha value is -1.62. The van der Waals surface area contributed by atoms with Gasteiger partial charge in [0.1, 0.15) is 5.82 Å². The fraction of sp³-hybridized carbons (Fsp3) is 0.444. The van der Waals surface area contributed by atoms with E-state index < -0.39 is 0 Å². The van der Waals surface area contributed by atoms with Crippen LogP contribution in [0.4, 0.5) is 17.5 Å². The third kappa shape index (κ3) is 4.02. The minimum Gasteiger partial charge on any atom is -0.341 e. The van der Waals surface area contributed by atoms with Crippen LogP contribution in [-0.2, 0) is 0 Å². The lowest BCUT2D eigenvalue weighted by molar-refractivity contribution is 0.434. The third-order valence-corrected chi connectivity index (χ3v) is 4.85. The summed E-state index contributed by atoms with van der Waals surface area (Å²) in [5.41, 5.74) is 3.25. The summed E-state index contributed by atoms with van der Waals surface area (Å²) in [6.07, 6.45) is 2.43. The fourth-order valence-electron chi connectivity index (χ4n) is 2.87. The molecular weight excluding hydrogens is 352 g/mol. The molecule has 1 aromatic carbocycles. The van der Waals surface area contributed by atoms with Gasteiger partial charge < -0.3 is 10.2 Å². The summed E-state index contributed by atoms with van der Waals surface area (Å²) in [5, 5.41) is 3.43. The van der Waals surface area contributed by atoms with E-state index >= 15 is 0 Å². The molecule has 0 unspecified atom stereocenters. The molecule has 1 N–H and O–H groups in total. The third-order valence-electron chi connectivity index (χ3n) is 4.36. The van der Waals surface area contributed by atoms with Crippen molar-refractivity contribution in [3.63, 3.8) is 0 Å². The molecule has 5 heteroatoms. The molecule has 0 spiro atoms. The molecule has 1 aliphatic rings. The Morgan fingerprint density at radius 1 is 1.13 bits per heavy atom. The van der Waals surface area contributed by atoms with E-state index in [1.165, 1.54) is 18.4 Å². The first-order chi connectivity index (χ1) is 11.0. The monoisotopic (exact) mass is 374 g/mol. The minimum absolute atomic E-state index is 0.805. The number of rotatable bonds is 3. The van der Waals surface area contributed by atoms with E-state index in [9.17, 15) is 0 Å². The Kier molecular flexibility index (Phi) is 4.85. The number of aryl methyl sites for hydroxylation is 2. The number of halogens is 1. The van der Waals surface area contributed by atoms with Crippen LogP contribution in [-0.4, -0.2) is 23.1 Å². The zero-order valence-corrected chi connectivity index (χ0v) is 15.5. The Morgan fingerprint density at radius 3 is 2.57 bits per heavy atom. The molecule has 2 aromatic rings. The number of hydrogen-bond donors (Lipinski definition) is 1. The van der Waals surface area contributed by atoms with Crippen LogP contribution in [0.25, 0.3) is 0 Å². The molecule has 1 fully saturated rings. The van der Waals surface area contributed by atoms with Crippen molar-refractivity contribution in [3.8, 4) is 0 Å². The highest BCUT2D eigenvalue weighted by molar-refractivity contribution is 9.10. The number of nitrogens with one attached hydrogen (secondary N) is 1. The summed E-state index contributed by atoms with van der Waals surface area (Å²) in [5.74, 6) is 2.50. The molecule has 1 saturated heterocycles. The minimum atomic E-state index is 0.805. The summed E-state index contributed by atoms with van der Waals surface area (Å²) in [7, 11) is 0. The maximum absolute atomic E-state index is 4.73. The van der Waals surface area contributed by atoms with Gasteiger partial charge in [-0.1, -0.05) is 22.9 Å². The second kappa shape index (κ2) is 6.87. The summed E-state index contributed by atoms with van der Waals surface area (Å²) < 4.78 is 1.09. The summed E-state index contributed by atoms with van der Waals surface area (Å²) in [6, 6.07) is 8.20. The van der Waals surface area contributed by atoms with Crippen molar-refractivity contribution < 1.29 is 0 Å². The van der Waals surface area contributed by atoms with Crippen molar-refractivity contribution in [2.45, 2.75) is 33.6 Å². The van der Waals surface area contributed by atoms with E-state index in [1.54, 1.807) is 0 Å². The predicted molar refractivity (Wildman–Crippen MR) is 99.5 cm³/mol. The highest BCUT2D eigenvalue weighted by Crippen LogP contribution is 2.25. The second-order valence-corrected chi connectivity index (χ2v) is 7.36. The van der Waals surface area contributed by atoms with Gasteiger partial charge in [0.25, 0.3) is 0 Å². The van der Waals surface area contributed by atoms with E-state index in [0.29, 0.717) is 0 Å². The quantitative estimate of drug-likeness (QED) is 0.834. The predicted octanol–water partition coefficient (Wildman–Crippen LogP) is 4.84. The van der Waals surface area contributed by atoms with E-state index in [-0.39, 0.29) is 0 Å². The lowest BCUT2D eigenvalue weighted by Crippen LogP contribution is -2.34. The molecule has 0 saturated carbocycles. The molecule has 0 amide bonds. The van der Waals surface area contributed by atoms with E-state index in [4.69, 9.17) is 4.98 Å². The average Bonchev–Trinajstić information content (AvgIpc) is 2.50. The first-order valence-corrected chi connectivity index (χ1v) is 8.94. The van der Waals surface area contributed by atoms with Crippen molar-refractivity contribution in [1.29, 1.82) is 0 Å². The van der Waals surface area contributed by atoms with Gasteiger partial charge in [-0.3, -0.25) is 0 Å². The highest BCUT2D eigenvalue weighted by atomic mass is 79.9. The van der Waals surface area contributed by atoms with Crippen molar-refractivity contribution in [2.75, 3.05) is 23.3 Å². The Labute approximate surface area is 146 Å². The van der Waals surface area contributed by atoms with Gasteiger partial charge in [0.15, 0.2) is 0 Å². The number of piperidine rings is 1. The average molecular weight is 375 g/mol. The van der Waals surface area contributed by atoms with Crippen LogP contribution >= 0.6 is 15.9 Å². The van der Waals surface area contributed by atoms with Crippen LogP contribution in [0.2, 0.25) is 0 Å². The molecule has 0 radical (unpaired) electrons. The van der Waals surface area contributed by atoms with Crippen LogP contribution < -0.4 is 10.2 Å². The summed E-state index contributed by atoms with van der Waals surface area (Å²) in [4.78, 5) is 11.7. The first-order valence-electron chi connectivity index (χ1n) is 8.15. The standard InChI is InChI=1S/C18H23BrN4/c1-12-6-8-23(9-7-12)18-20-14(3)11-17(22-18)21-16-5-4-15(19)10-13(16)2/h4-5,10-12H,6-9H2,1-3H3,(H,20,21,22). The van der Waals surface area contributed by atoms with Crippen molar-refractivity contribution in [3.05, 3.63) is 40.0 Å². The normalized spacial score (nSPS) is 15.7. The Balaban J connectivity index is 1.82. The van der Waals surface area contributed by atoms with Crippen LogP contribution in [0, 0.1) is 19.8 Å². The van der Waals surface area contributed by atoms with Crippen LogP contribution in [0.3, 0.4) is 0 Å². The molecule has 23 heavy (non-hydrogen) atoms. The SMILES string of the molecule is Cc1cc(Nc2ccc(Br)cc2C)nc(N2CCC(C)CC2)n1. The molecule has 0 aliphatic carbocycles. The number of anilines is 3. The molecule has 4 nitrogen and oxygen atoms in total. The molecule has 0 bridgehead atoms. The first kappa shape index (κ1) is 16.2. The van der Waals surface area contributed by atoms with Crippen molar-refractivity contribution in [2.24, 2.45) is 5.92 Å². The molecule has 1 aromatic heterocycles. The number of aromatic nitrogens is 2. The maximum Gasteiger partial charge on any atom is 0.227 e. The molecule has 1 aliphatic heterocycles. The van der Waals surface area contributed by atoms with Gasteiger partial charge in [0.2, 0.25) is 5.95 Å². The molecule has 122 valence electrons. The van der Waals surface area contributed by atoms with Crippen LogP contribution in [0.1, 0.15) is 31.0 Å². The van der Waals surface area contributed by atoms with Crippen molar-refractivity contribution >= 4 is 33.4 Å². The molecule has 2 heterocycles. The number of hydrogen-bond acceptors (Lipinski definition) is 4. The lowest BCUT2D eigenvalue weighted by Gasteiger charge is -2.30. The van der Waals surface area contributed by atoms with Crippen LogP contribution in [0.15, 0.2) is 28.7 Å². The molecular formula is C18H23BrN4. The van der Waals surface area contributed by atoms with Gasteiger partial charge in [-0.2, -0.15) is 4.98 Å². The zero-order chi connectivity index (χ0) is 16.4. The smallest absolute Gasteiger partial charge is 0.227 e. The van der Waals surface area contributed by atoms with Gasteiger partial charge in [-0.05, 0) is 56.4 Å². The van der Waals surface area contributed by atoms with Gasteiger partial charge >= 0.3 is 0 Å². The van der Waals surface area contributed by atoms with E-state index in [2.05, 4.69) is 57.1 Å². The molecule has 3 rings (SSSR count). The fourth-order valence-corrected chi connectivity index (χ4v) is 3.35. The van der Waals surface area contributed by atoms with Gasteiger partial charge in [0, 0.05) is 35.0 Å². The van der Waals surface area contributed by atoms with Gasteiger partial charge in [-0.15, -0.1) is 0 Å². The number of benzene rings is 1. The summed E-state index contributed by atoms with van der Waals surface area (Å²) in [6.45, 7) is 8.52. The largest absolute Gasteiger partial charge is 0.341 e. The zero-order valence-electron chi connectivity index (χ0n) is 13.9. The Bertz CT molecular complexity index is 693.